The Kier molecular flexibility index (Phi) is 6.86. The second-order valence-electron chi connectivity index (χ2n) is 7.09. The molecule has 150 valence electrons. The molecule has 3 aromatic rings. The summed E-state index contributed by atoms with van der Waals surface area (Å²) in [4.78, 5) is 26.2. The van der Waals surface area contributed by atoms with Crippen molar-refractivity contribution in [3.05, 3.63) is 76.8 Å². The normalized spacial score (nSPS) is 10.9. The van der Waals surface area contributed by atoms with Crippen molar-refractivity contribution in [2.75, 3.05) is 25.5 Å². The van der Waals surface area contributed by atoms with Crippen LogP contribution in [0.15, 0.2) is 60.7 Å². The van der Waals surface area contributed by atoms with E-state index in [0.29, 0.717) is 17.3 Å². The predicted molar refractivity (Wildman–Crippen MR) is 118 cm³/mol. The summed E-state index contributed by atoms with van der Waals surface area (Å²) in [7, 11) is 1.88. The first-order chi connectivity index (χ1) is 13.9. The molecule has 2 amide bonds. The largest absolute Gasteiger partial charge is 0.346 e. The lowest BCUT2D eigenvalue weighted by Crippen LogP contribution is -2.39. The van der Waals surface area contributed by atoms with Gasteiger partial charge in [-0.2, -0.15) is 0 Å². The van der Waals surface area contributed by atoms with Crippen molar-refractivity contribution in [1.29, 1.82) is 0 Å². The van der Waals surface area contributed by atoms with Crippen LogP contribution in [0, 0.1) is 6.92 Å². The first-order valence-electron chi connectivity index (χ1n) is 9.40. The van der Waals surface area contributed by atoms with Crippen LogP contribution in [0.1, 0.15) is 11.1 Å². The standard InChI is InChI=1S/C23H24ClN3O2/c1-16-20(24)8-5-9-21(16)26-22(28)13-25-23(29)15-27(2)14-17-10-11-18-6-3-4-7-19(18)12-17/h3-12H,13-15H2,1-2H3,(H,25,29)(H,26,28). The van der Waals surface area contributed by atoms with Gasteiger partial charge in [0.15, 0.2) is 0 Å². The number of amides is 2. The van der Waals surface area contributed by atoms with E-state index in [-0.39, 0.29) is 24.9 Å². The van der Waals surface area contributed by atoms with Gasteiger partial charge in [-0.05, 0) is 54.1 Å². The fourth-order valence-corrected chi connectivity index (χ4v) is 3.30. The SMILES string of the molecule is Cc1c(Cl)cccc1NC(=O)CNC(=O)CN(C)Cc1ccc2ccccc2c1. The van der Waals surface area contributed by atoms with Gasteiger partial charge in [0.05, 0.1) is 13.1 Å². The average molecular weight is 410 g/mol. The van der Waals surface area contributed by atoms with Gasteiger partial charge in [-0.1, -0.05) is 54.1 Å². The van der Waals surface area contributed by atoms with E-state index >= 15 is 0 Å². The molecular formula is C23H24ClN3O2. The number of fused-ring (bicyclic) bond motifs is 1. The Bertz CT molecular complexity index is 1040. The molecule has 29 heavy (non-hydrogen) atoms. The molecule has 0 aliphatic heterocycles. The lowest BCUT2D eigenvalue weighted by molar-refractivity contribution is -0.124. The van der Waals surface area contributed by atoms with Crippen LogP contribution in [-0.4, -0.2) is 36.9 Å². The molecule has 0 heterocycles. The molecule has 6 heteroatoms. The van der Waals surface area contributed by atoms with Crippen LogP contribution in [0.5, 0.6) is 0 Å². The first kappa shape index (κ1) is 20.8. The molecule has 0 radical (unpaired) electrons. The maximum absolute atomic E-state index is 12.2. The number of rotatable bonds is 7. The zero-order chi connectivity index (χ0) is 20.8. The van der Waals surface area contributed by atoms with Crippen LogP contribution in [0.2, 0.25) is 5.02 Å². The molecule has 0 spiro atoms. The van der Waals surface area contributed by atoms with Gasteiger partial charge in [-0.25, -0.2) is 0 Å². The molecular weight excluding hydrogens is 386 g/mol. The zero-order valence-corrected chi connectivity index (χ0v) is 17.3. The number of likely N-dealkylation sites (N-methyl/N-ethyl adjacent to an activating group) is 1. The molecule has 5 nitrogen and oxygen atoms in total. The molecule has 0 fully saturated rings. The molecule has 0 aliphatic rings. The van der Waals surface area contributed by atoms with E-state index in [0.717, 1.165) is 11.1 Å². The lowest BCUT2D eigenvalue weighted by atomic mass is 10.1. The highest BCUT2D eigenvalue weighted by Gasteiger charge is 2.11. The van der Waals surface area contributed by atoms with Crippen molar-refractivity contribution in [2.45, 2.75) is 13.5 Å². The van der Waals surface area contributed by atoms with Gasteiger partial charge >= 0.3 is 0 Å². The van der Waals surface area contributed by atoms with Crippen LogP contribution in [-0.2, 0) is 16.1 Å². The highest BCUT2D eigenvalue weighted by molar-refractivity contribution is 6.31. The smallest absolute Gasteiger partial charge is 0.243 e. The van der Waals surface area contributed by atoms with Gasteiger partial charge in [-0.15, -0.1) is 0 Å². The minimum absolute atomic E-state index is 0.0887. The Hall–Kier alpha value is -2.89. The maximum Gasteiger partial charge on any atom is 0.243 e. The minimum atomic E-state index is -0.291. The van der Waals surface area contributed by atoms with Gasteiger partial charge in [0.1, 0.15) is 0 Å². The van der Waals surface area contributed by atoms with E-state index < -0.39 is 0 Å². The molecule has 0 aromatic heterocycles. The molecule has 0 saturated carbocycles. The van der Waals surface area contributed by atoms with Crippen LogP contribution < -0.4 is 10.6 Å². The highest BCUT2D eigenvalue weighted by Crippen LogP contribution is 2.22. The number of carbonyl (C=O) groups excluding carboxylic acids is 2. The second kappa shape index (κ2) is 9.54. The van der Waals surface area contributed by atoms with E-state index in [9.17, 15) is 9.59 Å². The molecule has 0 unspecified atom stereocenters. The van der Waals surface area contributed by atoms with Crippen LogP contribution in [0.4, 0.5) is 5.69 Å². The van der Waals surface area contributed by atoms with Crippen molar-refractivity contribution in [3.63, 3.8) is 0 Å². The number of nitrogens with one attached hydrogen (secondary N) is 2. The molecule has 0 atom stereocenters. The number of anilines is 1. The second-order valence-corrected chi connectivity index (χ2v) is 7.50. The predicted octanol–water partition coefficient (Wildman–Crippen LogP) is 3.99. The summed E-state index contributed by atoms with van der Waals surface area (Å²) in [5, 5.41) is 8.38. The van der Waals surface area contributed by atoms with Crippen molar-refractivity contribution >= 4 is 39.9 Å². The number of carbonyl (C=O) groups is 2. The summed E-state index contributed by atoms with van der Waals surface area (Å²) < 4.78 is 0. The van der Waals surface area contributed by atoms with Crippen molar-refractivity contribution in [3.8, 4) is 0 Å². The van der Waals surface area contributed by atoms with Crippen LogP contribution in [0.25, 0.3) is 10.8 Å². The fourth-order valence-electron chi connectivity index (χ4n) is 3.12. The van der Waals surface area contributed by atoms with Crippen molar-refractivity contribution in [2.24, 2.45) is 0 Å². The third-order valence-corrected chi connectivity index (χ3v) is 5.08. The minimum Gasteiger partial charge on any atom is -0.346 e. The Labute approximate surface area is 175 Å². The topological polar surface area (TPSA) is 61.4 Å². The number of halogens is 1. The van der Waals surface area contributed by atoms with Gasteiger partial charge in [-0.3, -0.25) is 14.5 Å². The van der Waals surface area contributed by atoms with Crippen LogP contribution in [0.3, 0.4) is 0 Å². The molecule has 2 N–H and O–H groups in total. The average Bonchev–Trinajstić information content (AvgIpc) is 2.70. The van der Waals surface area contributed by atoms with Crippen molar-refractivity contribution < 1.29 is 9.59 Å². The van der Waals surface area contributed by atoms with E-state index in [1.165, 1.54) is 10.8 Å². The van der Waals surface area contributed by atoms with E-state index in [1.54, 1.807) is 18.2 Å². The van der Waals surface area contributed by atoms with Crippen molar-refractivity contribution in [1.82, 2.24) is 10.2 Å². The third kappa shape index (κ3) is 5.79. The summed E-state index contributed by atoms with van der Waals surface area (Å²) in [5.41, 5.74) is 2.57. The third-order valence-electron chi connectivity index (χ3n) is 4.67. The molecule has 0 aliphatic carbocycles. The maximum atomic E-state index is 12.2. The van der Waals surface area contributed by atoms with Gasteiger partial charge in [0, 0.05) is 17.3 Å². The molecule has 3 rings (SSSR count). The number of nitrogens with zero attached hydrogens (tertiary/aromatic N) is 1. The van der Waals surface area contributed by atoms with Crippen LogP contribution >= 0.6 is 11.6 Å². The van der Waals surface area contributed by atoms with Gasteiger partial charge < -0.3 is 10.6 Å². The zero-order valence-electron chi connectivity index (χ0n) is 16.5. The first-order valence-corrected chi connectivity index (χ1v) is 9.78. The summed E-state index contributed by atoms with van der Waals surface area (Å²) in [6.07, 6.45) is 0. The van der Waals surface area contributed by atoms with Gasteiger partial charge in [0.2, 0.25) is 11.8 Å². The fraction of sp³-hybridized carbons (Fsp3) is 0.217. The number of hydrogen-bond acceptors (Lipinski definition) is 3. The highest BCUT2D eigenvalue weighted by atomic mass is 35.5. The summed E-state index contributed by atoms with van der Waals surface area (Å²) in [6, 6.07) is 19.8. The molecule has 3 aromatic carbocycles. The summed E-state index contributed by atoms with van der Waals surface area (Å²) >= 11 is 6.05. The lowest BCUT2D eigenvalue weighted by Gasteiger charge is -2.17. The quantitative estimate of drug-likeness (QED) is 0.620. The number of benzene rings is 3. The Morgan fingerprint density at radius 2 is 1.72 bits per heavy atom. The Morgan fingerprint density at radius 1 is 0.966 bits per heavy atom. The Balaban J connectivity index is 1.46. The van der Waals surface area contributed by atoms with E-state index in [1.807, 2.05) is 31.0 Å². The summed E-state index contributed by atoms with van der Waals surface area (Å²) in [6.45, 7) is 2.59. The van der Waals surface area contributed by atoms with Gasteiger partial charge in [0.25, 0.3) is 0 Å². The number of hydrogen-bond donors (Lipinski definition) is 2. The monoisotopic (exact) mass is 409 g/mol. The van der Waals surface area contributed by atoms with E-state index in [4.69, 9.17) is 11.6 Å². The molecule has 0 saturated heterocycles. The molecule has 0 bridgehead atoms. The summed E-state index contributed by atoms with van der Waals surface area (Å²) in [5.74, 6) is -0.493. The van der Waals surface area contributed by atoms with E-state index in [2.05, 4.69) is 41.0 Å². The Morgan fingerprint density at radius 3 is 2.52 bits per heavy atom.